The van der Waals surface area contributed by atoms with Gasteiger partial charge in [0.25, 0.3) is 0 Å². The van der Waals surface area contributed by atoms with Crippen LogP contribution < -0.4 is 0 Å². The van der Waals surface area contributed by atoms with Gasteiger partial charge in [-0.15, -0.1) is 15.0 Å². The van der Waals surface area contributed by atoms with Gasteiger partial charge in [-0.2, -0.15) is 0 Å². The van der Waals surface area contributed by atoms with E-state index in [1.807, 2.05) is 58.0 Å². The molecular formula is C16H21N3O. The summed E-state index contributed by atoms with van der Waals surface area (Å²) in [6.45, 7) is 8.00. The molecule has 3 aromatic rings. The molecular weight excluding hydrogens is 250 g/mol. The number of nitrogens with zero attached hydrogens (tertiary/aromatic N) is 3. The third kappa shape index (κ3) is 3.35. The number of hydrogen-bond donors (Lipinski definition) is 1. The van der Waals surface area contributed by atoms with Crippen molar-refractivity contribution in [2.75, 3.05) is 0 Å². The molecule has 4 nitrogen and oxygen atoms in total. The minimum Gasteiger partial charge on any atom is -0.506 e. The van der Waals surface area contributed by atoms with E-state index in [0.29, 0.717) is 5.69 Å². The number of fused-ring (bicyclic) bond motifs is 1. The topological polar surface area (TPSA) is 50.9 Å². The van der Waals surface area contributed by atoms with Crippen molar-refractivity contribution in [3.8, 4) is 11.4 Å². The van der Waals surface area contributed by atoms with Crippen LogP contribution in [0.5, 0.6) is 5.75 Å². The summed E-state index contributed by atoms with van der Waals surface area (Å²) in [4.78, 5) is 1.44. The van der Waals surface area contributed by atoms with Crippen LogP contribution in [0.3, 0.4) is 0 Å². The quantitative estimate of drug-likeness (QED) is 0.722. The maximum Gasteiger partial charge on any atom is 0.143 e. The second-order valence-corrected chi connectivity index (χ2v) is 3.47. The summed E-state index contributed by atoms with van der Waals surface area (Å²) in [5, 5.41) is 18.3. The van der Waals surface area contributed by atoms with Crippen molar-refractivity contribution in [2.24, 2.45) is 0 Å². The summed E-state index contributed by atoms with van der Waals surface area (Å²) in [5.41, 5.74) is 2.20. The van der Waals surface area contributed by atoms with Crippen LogP contribution in [-0.4, -0.2) is 20.1 Å². The van der Waals surface area contributed by atoms with E-state index in [-0.39, 0.29) is 5.75 Å². The highest BCUT2D eigenvalue weighted by Gasteiger charge is 2.06. The zero-order valence-corrected chi connectivity index (χ0v) is 12.4. The van der Waals surface area contributed by atoms with E-state index >= 15 is 0 Å². The third-order valence-corrected chi connectivity index (χ3v) is 2.38. The largest absolute Gasteiger partial charge is 0.506 e. The zero-order valence-electron chi connectivity index (χ0n) is 12.4. The van der Waals surface area contributed by atoms with Crippen molar-refractivity contribution in [3.05, 3.63) is 48.5 Å². The van der Waals surface area contributed by atoms with Crippen LogP contribution in [0.15, 0.2) is 48.5 Å². The van der Waals surface area contributed by atoms with Crippen molar-refractivity contribution < 1.29 is 5.11 Å². The lowest BCUT2D eigenvalue weighted by Crippen LogP contribution is -1.98. The second kappa shape index (κ2) is 7.94. The highest BCUT2D eigenvalue weighted by Crippen LogP contribution is 2.20. The molecule has 20 heavy (non-hydrogen) atoms. The van der Waals surface area contributed by atoms with Crippen LogP contribution in [-0.2, 0) is 0 Å². The van der Waals surface area contributed by atoms with Gasteiger partial charge in [-0.1, -0.05) is 52.0 Å². The molecule has 0 bridgehead atoms. The minimum absolute atomic E-state index is 0.169. The Balaban J connectivity index is 0.000000461. The lowest BCUT2D eigenvalue weighted by molar-refractivity contribution is 0.468. The maximum atomic E-state index is 9.69. The van der Waals surface area contributed by atoms with Crippen LogP contribution in [0, 0.1) is 0 Å². The molecule has 0 spiro atoms. The molecule has 0 unspecified atom stereocenters. The molecule has 0 saturated carbocycles. The first kappa shape index (κ1) is 15.7. The molecule has 0 fully saturated rings. The number of hydrogen-bond acceptors (Lipinski definition) is 3. The van der Waals surface area contributed by atoms with Crippen molar-refractivity contribution >= 4 is 11.0 Å². The monoisotopic (exact) mass is 271 g/mol. The van der Waals surface area contributed by atoms with E-state index in [1.165, 1.54) is 4.80 Å². The van der Waals surface area contributed by atoms with Crippen LogP contribution in [0.4, 0.5) is 0 Å². The molecule has 4 heteroatoms. The summed E-state index contributed by atoms with van der Waals surface area (Å²) in [6, 6.07) is 14.6. The predicted octanol–water partition coefficient (Wildman–Crippen LogP) is 4.18. The first-order valence-electron chi connectivity index (χ1n) is 6.95. The summed E-state index contributed by atoms with van der Waals surface area (Å²) in [5.74, 6) is 0.169. The Bertz CT molecular complexity index is 614. The van der Waals surface area contributed by atoms with Gasteiger partial charge in [0.05, 0.1) is 0 Å². The number of benzene rings is 2. The van der Waals surface area contributed by atoms with Gasteiger partial charge in [-0.05, 0) is 24.3 Å². The molecule has 0 saturated heterocycles. The molecule has 2 aromatic carbocycles. The Hall–Kier alpha value is -2.36. The fourth-order valence-corrected chi connectivity index (χ4v) is 1.60. The Kier molecular flexibility index (Phi) is 6.23. The summed E-state index contributed by atoms with van der Waals surface area (Å²) < 4.78 is 0. The molecule has 0 aliphatic carbocycles. The van der Waals surface area contributed by atoms with E-state index in [4.69, 9.17) is 0 Å². The van der Waals surface area contributed by atoms with Gasteiger partial charge in [0.2, 0.25) is 0 Å². The fraction of sp³-hybridized carbons (Fsp3) is 0.250. The summed E-state index contributed by atoms with van der Waals surface area (Å²) >= 11 is 0. The van der Waals surface area contributed by atoms with Crippen LogP contribution in [0.2, 0.25) is 0 Å². The highest BCUT2D eigenvalue weighted by atomic mass is 16.3. The van der Waals surface area contributed by atoms with E-state index in [0.717, 1.165) is 11.0 Å². The molecule has 1 N–H and O–H groups in total. The van der Waals surface area contributed by atoms with Gasteiger partial charge < -0.3 is 5.11 Å². The van der Waals surface area contributed by atoms with E-state index < -0.39 is 0 Å². The molecule has 0 aliphatic heterocycles. The van der Waals surface area contributed by atoms with E-state index in [9.17, 15) is 5.11 Å². The Labute approximate surface area is 119 Å². The number of phenolic OH excluding ortho intramolecular Hbond substituents is 1. The smallest absolute Gasteiger partial charge is 0.143 e. The Morgan fingerprint density at radius 2 is 1.20 bits per heavy atom. The van der Waals surface area contributed by atoms with E-state index in [1.54, 1.807) is 18.2 Å². The molecule has 3 rings (SSSR count). The van der Waals surface area contributed by atoms with Crippen molar-refractivity contribution in [1.82, 2.24) is 15.0 Å². The van der Waals surface area contributed by atoms with Gasteiger partial charge in [0, 0.05) is 0 Å². The first-order valence-corrected chi connectivity index (χ1v) is 6.95. The number of aromatic hydroxyl groups is 1. The number of rotatable bonds is 1. The maximum absolute atomic E-state index is 9.69. The standard InChI is InChI=1S/C12H9N3O.2C2H6/c16-12-8-4-3-7-11(12)15-13-9-5-1-2-6-10(9)14-15;2*1-2/h1-8,16H;2*1-2H3. The van der Waals surface area contributed by atoms with Crippen LogP contribution >= 0.6 is 0 Å². The second-order valence-electron chi connectivity index (χ2n) is 3.47. The number of para-hydroxylation sites is 2. The lowest BCUT2D eigenvalue weighted by atomic mass is 10.3. The predicted molar refractivity (Wildman–Crippen MR) is 83.2 cm³/mol. The molecule has 0 aliphatic rings. The molecule has 0 atom stereocenters. The minimum atomic E-state index is 0.169. The molecule has 0 amide bonds. The van der Waals surface area contributed by atoms with Gasteiger partial charge in [-0.25, -0.2) is 0 Å². The van der Waals surface area contributed by atoms with E-state index in [2.05, 4.69) is 10.2 Å². The normalized spacial score (nSPS) is 9.20. The van der Waals surface area contributed by atoms with Crippen LogP contribution in [0.1, 0.15) is 27.7 Å². The van der Waals surface area contributed by atoms with Crippen LogP contribution in [0.25, 0.3) is 16.7 Å². The zero-order chi connectivity index (χ0) is 15.0. The van der Waals surface area contributed by atoms with Crippen molar-refractivity contribution in [1.29, 1.82) is 0 Å². The first-order chi connectivity index (χ1) is 9.84. The lowest BCUT2D eigenvalue weighted by Gasteiger charge is -2.00. The van der Waals surface area contributed by atoms with Gasteiger partial charge in [0.15, 0.2) is 0 Å². The highest BCUT2D eigenvalue weighted by molar-refractivity contribution is 5.73. The van der Waals surface area contributed by atoms with Gasteiger partial charge >= 0.3 is 0 Å². The summed E-state index contributed by atoms with van der Waals surface area (Å²) in [6.07, 6.45) is 0. The number of aromatic nitrogens is 3. The van der Waals surface area contributed by atoms with Gasteiger partial charge in [0.1, 0.15) is 22.5 Å². The Morgan fingerprint density at radius 1 is 0.750 bits per heavy atom. The molecule has 106 valence electrons. The van der Waals surface area contributed by atoms with Crippen molar-refractivity contribution in [2.45, 2.75) is 27.7 Å². The molecule has 1 heterocycles. The third-order valence-electron chi connectivity index (χ3n) is 2.38. The molecule has 1 aromatic heterocycles. The van der Waals surface area contributed by atoms with Crippen molar-refractivity contribution in [3.63, 3.8) is 0 Å². The van der Waals surface area contributed by atoms with Gasteiger partial charge in [-0.3, -0.25) is 0 Å². The number of phenols is 1. The average molecular weight is 271 g/mol. The average Bonchev–Trinajstić information content (AvgIpc) is 2.95. The fourth-order valence-electron chi connectivity index (χ4n) is 1.60. The SMILES string of the molecule is CC.CC.Oc1ccccc1-n1nc2ccccc2n1. The Morgan fingerprint density at radius 3 is 1.70 bits per heavy atom. The molecule has 0 radical (unpaired) electrons. The summed E-state index contributed by atoms with van der Waals surface area (Å²) in [7, 11) is 0.